The van der Waals surface area contributed by atoms with Crippen molar-refractivity contribution in [3.8, 4) is 0 Å². The average Bonchev–Trinajstić information content (AvgIpc) is 3.11. The van der Waals surface area contributed by atoms with Gasteiger partial charge in [-0.2, -0.15) is 13.2 Å². The van der Waals surface area contributed by atoms with Crippen LogP contribution in [0.4, 0.5) is 24.7 Å². The number of anilines is 2. The number of thiazole rings is 1. The Kier molecular flexibility index (Phi) is 3.46. The molecule has 0 atom stereocenters. The van der Waals surface area contributed by atoms with Crippen molar-refractivity contribution < 1.29 is 13.2 Å². The maximum Gasteiger partial charge on any atom is 0.446 e. The zero-order valence-corrected chi connectivity index (χ0v) is 13.3. The number of benzene rings is 1. The quantitative estimate of drug-likeness (QED) is 0.607. The molecule has 4 rings (SSSR count). The van der Waals surface area contributed by atoms with Gasteiger partial charge >= 0.3 is 5.51 Å². The summed E-state index contributed by atoms with van der Waals surface area (Å²) < 4.78 is 38.5. The summed E-state index contributed by atoms with van der Waals surface area (Å²) in [5.74, 6) is 0.540. The SMILES string of the molecule is FC(F)(F)Sc1cc(N2CCc3ccccc32)nc2scnc12. The van der Waals surface area contributed by atoms with E-state index in [0.717, 1.165) is 12.1 Å². The van der Waals surface area contributed by atoms with Crippen LogP contribution in [0.15, 0.2) is 40.7 Å². The van der Waals surface area contributed by atoms with Crippen molar-refractivity contribution in [3.05, 3.63) is 41.4 Å². The predicted molar refractivity (Wildman–Crippen MR) is 86.5 cm³/mol. The van der Waals surface area contributed by atoms with Crippen LogP contribution >= 0.6 is 23.1 Å². The van der Waals surface area contributed by atoms with Gasteiger partial charge in [0.25, 0.3) is 0 Å². The van der Waals surface area contributed by atoms with E-state index in [-0.39, 0.29) is 16.7 Å². The Hall–Kier alpha value is -1.80. The number of hydrogen-bond acceptors (Lipinski definition) is 5. The van der Waals surface area contributed by atoms with E-state index in [4.69, 9.17) is 0 Å². The molecule has 0 saturated heterocycles. The minimum atomic E-state index is -4.35. The number of rotatable bonds is 2. The Morgan fingerprint density at radius 2 is 2.04 bits per heavy atom. The monoisotopic (exact) mass is 353 g/mol. The second kappa shape index (κ2) is 5.38. The van der Waals surface area contributed by atoms with Crippen LogP contribution in [0.5, 0.6) is 0 Å². The summed E-state index contributed by atoms with van der Waals surface area (Å²) in [5, 5.41) is 0. The summed E-state index contributed by atoms with van der Waals surface area (Å²) in [4.78, 5) is 11.1. The largest absolute Gasteiger partial charge is 0.446 e. The van der Waals surface area contributed by atoms with Gasteiger partial charge in [-0.1, -0.05) is 18.2 Å². The zero-order valence-electron chi connectivity index (χ0n) is 11.7. The molecule has 118 valence electrons. The standard InChI is InChI=1S/C15H10F3N3S2/c16-15(17,18)23-11-7-12(20-14-13(11)19-8-22-14)21-6-5-9-3-1-2-4-10(9)21/h1-4,7-8H,5-6H2. The molecule has 1 aliphatic heterocycles. The van der Waals surface area contributed by atoms with Crippen LogP contribution in [-0.4, -0.2) is 22.0 Å². The van der Waals surface area contributed by atoms with E-state index in [1.807, 2.05) is 29.2 Å². The lowest BCUT2D eigenvalue weighted by molar-refractivity contribution is -0.0327. The maximum absolute atomic E-state index is 12.8. The van der Waals surface area contributed by atoms with Gasteiger partial charge < -0.3 is 4.90 Å². The first-order valence-corrected chi connectivity index (χ1v) is 8.56. The van der Waals surface area contributed by atoms with Crippen molar-refractivity contribution >= 4 is 45.0 Å². The normalized spacial score (nSPS) is 14.5. The van der Waals surface area contributed by atoms with E-state index in [2.05, 4.69) is 9.97 Å². The molecule has 3 aromatic rings. The average molecular weight is 353 g/mol. The number of nitrogens with zero attached hydrogens (tertiary/aromatic N) is 3. The minimum Gasteiger partial charge on any atom is -0.326 e. The molecule has 23 heavy (non-hydrogen) atoms. The van der Waals surface area contributed by atoms with E-state index in [1.54, 1.807) is 0 Å². The van der Waals surface area contributed by atoms with Crippen LogP contribution < -0.4 is 4.90 Å². The number of aromatic nitrogens is 2. The van der Waals surface area contributed by atoms with Gasteiger partial charge in [0.1, 0.15) is 16.2 Å². The third-order valence-electron chi connectivity index (χ3n) is 3.65. The summed E-state index contributed by atoms with van der Waals surface area (Å²) >= 11 is 1.12. The Morgan fingerprint density at radius 1 is 1.22 bits per heavy atom. The number of pyridine rings is 1. The van der Waals surface area contributed by atoms with Crippen molar-refractivity contribution in [1.29, 1.82) is 0 Å². The molecule has 1 aliphatic rings. The van der Waals surface area contributed by atoms with E-state index in [0.29, 0.717) is 22.7 Å². The zero-order chi connectivity index (χ0) is 16.0. The number of para-hydroxylation sites is 1. The van der Waals surface area contributed by atoms with Gasteiger partial charge in [-0.05, 0) is 35.9 Å². The molecule has 2 aromatic heterocycles. The van der Waals surface area contributed by atoms with E-state index >= 15 is 0 Å². The number of alkyl halides is 3. The molecule has 0 spiro atoms. The smallest absolute Gasteiger partial charge is 0.326 e. The molecule has 0 saturated carbocycles. The van der Waals surface area contributed by atoms with E-state index < -0.39 is 5.51 Å². The summed E-state index contributed by atoms with van der Waals surface area (Å²) in [6, 6.07) is 9.38. The first-order chi connectivity index (χ1) is 11.0. The molecule has 0 radical (unpaired) electrons. The Bertz CT molecular complexity index is 876. The lowest BCUT2D eigenvalue weighted by atomic mass is 10.2. The first-order valence-electron chi connectivity index (χ1n) is 6.87. The lowest BCUT2D eigenvalue weighted by Crippen LogP contribution is -2.15. The van der Waals surface area contributed by atoms with Gasteiger partial charge in [0, 0.05) is 17.1 Å². The lowest BCUT2D eigenvalue weighted by Gasteiger charge is -2.19. The van der Waals surface area contributed by atoms with E-state index in [9.17, 15) is 13.2 Å². The molecule has 0 amide bonds. The van der Waals surface area contributed by atoms with Crippen molar-refractivity contribution in [2.45, 2.75) is 16.8 Å². The van der Waals surface area contributed by atoms with Crippen LogP contribution in [0.2, 0.25) is 0 Å². The van der Waals surface area contributed by atoms with Crippen molar-refractivity contribution in [3.63, 3.8) is 0 Å². The predicted octanol–water partition coefficient (Wildman–Crippen LogP) is 5.00. The Labute approximate surface area is 138 Å². The second-order valence-corrected chi connectivity index (χ2v) is 7.00. The molecule has 3 heterocycles. The minimum absolute atomic E-state index is 0.100. The van der Waals surface area contributed by atoms with Crippen molar-refractivity contribution in [1.82, 2.24) is 9.97 Å². The van der Waals surface area contributed by atoms with Crippen LogP contribution in [-0.2, 0) is 6.42 Å². The second-order valence-electron chi connectivity index (χ2n) is 5.06. The van der Waals surface area contributed by atoms with Gasteiger partial charge in [0.2, 0.25) is 0 Å². The fourth-order valence-corrected chi connectivity index (χ4v) is 4.13. The molecule has 1 aromatic carbocycles. The molecule has 0 N–H and O–H groups in total. The molecule has 0 unspecified atom stereocenters. The number of thioether (sulfide) groups is 1. The summed E-state index contributed by atoms with van der Waals surface area (Å²) in [7, 11) is 0. The number of hydrogen-bond donors (Lipinski definition) is 0. The highest BCUT2D eigenvalue weighted by molar-refractivity contribution is 8.00. The van der Waals surface area contributed by atoms with Gasteiger partial charge in [-0.25, -0.2) is 9.97 Å². The topological polar surface area (TPSA) is 29.0 Å². The third-order valence-corrected chi connectivity index (χ3v) is 5.13. The van der Waals surface area contributed by atoms with Crippen LogP contribution in [0.1, 0.15) is 5.56 Å². The summed E-state index contributed by atoms with van der Waals surface area (Å²) in [6.07, 6.45) is 0.861. The van der Waals surface area contributed by atoms with Crippen LogP contribution in [0, 0.1) is 0 Å². The highest BCUT2D eigenvalue weighted by Gasteiger charge is 2.32. The molecule has 0 bridgehead atoms. The number of fused-ring (bicyclic) bond motifs is 2. The van der Waals surface area contributed by atoms with Crippen molar-refractivity contribution in [2.75, 3.05) is 11.4 Å². The molecule has 8 heteroatoms. The fourth-order valence-electron chi connectivity index (χ4n) is 2.73. The summed E-state index contributed by atoms with van der Waals surface area (Å²) in [6.45, 7) is 0.715. The van der Waals surface area contributed by atoms with Crippen LogP contribution in [0.3, 0.4) is 0 Å². The third kappa shape index (κ3) is 2.76. The van der Waals surface area contributed by atoms with Gasteiger partial charge in [0.05, 0.1) is 5.51 Å². The molecule has 0 fully saturated rings. The Balaban J connectivity index is 1.82. The summed E-state index contributed by atoms with van der Waals surface area (Å²) in [5.41, 5.74) is -0.318. The highest BCUT2D eigenvalue weighted by atomic mass is 32.2. The van der Waals surface area contributed by atoms with Crippen molar-refractivity contribution in [2.24, 2.45) is 0 Å². The van der Waals surface area contributed by atoms with Gasteiger partial charge in [-0.15, -0.1) is 11.3 Å². The van der Waals surface area contributed by atoms with Gasteiger partial charge in [0.15, 0.2) is 0 Å². The molecular weight excluding hydrogens is 343 g/mol. The Morgan fingerprint density at radius 3 is 2.87 bits per heavy atom. The van der Waals surface area contributed by atoms with Gasteiger partial charge in [-0.3, -0.25) is 0 Å². The molecular formula is C15H10F3N3S2. The van der Waals surface area contributed by atoms with Crippen LogP contribution in [0.25, 0.3) is 10.3 Å². The maximum atomic E-state index is 12.8. The fraction of sp³-hybridized carbons (Fsp3) is 0.200. The van der Waals surface area contributed by atoms with E-state index in [1.165, 1.54) is 28.5 Å². The number of halogens is 3. The molecule has 3 nitrogen and oxygen atoms in total. The molecule has 0 aliphatic carbocycles. The first kappa shape index (κ1) is 14.8. The highest BCUT2D eigenvalue weighted by Crippen LogP contribution is 2.43.